The molecule has 1 atom stereocenters. The number of hydrogen-bond acceptors (Lipinski definition) is 7. The predicted octanol–water partition coefficient (Wildman–Crippen LogP) is 6.07. The van der Waals surface area contributed by atoms with Crippen molar-refractivity contribution in [2.45, 2.75) is 40.0 Å². The fourth-order valence-electron chi connectivity index (χ4n) is 4.22. The summed E-state index contributed by atoms with van der Waals surface area (Å²) >= 11 is 6.84. The molecule has 35 heavy (non-hydrogen) atoms. The van der Waals surface area contributed by atoms with Gasteiger partial charge < -0.3 is 9.73 Å². The molecule has 10 heteroatoms. The Bertz CT molecular complexity index is 1360. The van der Waals surface area contributed by atoms with Gasteiger partial charge in [-0.3, -0.25) is 20.2 Å². The zero-order chi connectivity index (χ0) is 25.3. The van der Waals surface area contributed by atoms with Gasteiger partial charge in [0.05, 0.1) is 10.5 Å². The summed E-state index contributed by atoms with van der Waals surface area (Å²) in [5.41, 5.74) is 2.26. The fraction of sp³-hybridized carbons (Fsp3) is 0.320. The molecule has 8 nitrogen and oxygen atoms in total. The lowest BCUT2D eigenvalue weighted by molar-refractivity contribution is -0.384. The third-order valence-corrected chi connectivity index (χ3v) is 7.60. The Morgan fingerprint density at radius 3 is 2.77 bits per heavy atom. The van der Waals surface area contributed by atoms with Gasteiger partial charge in [-0.1, -0.05) is 32.9 Å². The van der Waals surface area contributed by atoms with E-state index in [9.17, 15) is 20.2 Å². The highest BCUT2D eigenvalue weighted by molar-refractivity contribution is 7.80. The largest absolute Gasteiger partial charge is 0.451 e. The minimum absolute atomic E-state index is 0.00894. The first-order chi connectivity index (χ1) is 16.6. The Labute approximate surface area is 212 Å². The van der Waals surface area contributed by atoms with Crippen molar-refractivity contribution in [3.63, 3.8) is 0 Å². The average molecular weight is 509 g/mol. The van der Waals surface area contributed by atoms with E-state index < -0.39 is 10.8 Å². The summed E-state index contributed by atoms with van der Waals surface area (Å²) in [4.78, 5) is 24.4. The standard InChI is InChI=1S/C25H24N4O4S2/c1-25(2,3)15-7-8-17-18(13-26)23(35-21(17)12-15)28-24(34)27-22(30)20-10-9-19(33-20)14-5-4-6-16(11-14)29(31)32/h4-6,9-11,15H,7-8,12H2,1-3H3,(H2,27,28,30,34)/t15-/m1/s1. The Balaban J connectivity index is 1.45. The van der Waals surface area contributed by atoms with Gasteiger partial charge >= 0.3 is 0 Å². The highest BCUT2D eigenvalue weighted by atomic mass is 32.1. The average Bonchev–Trinajstić information content (AvgIpc) is 3.42. The van der Waals surface area contributed by atoms with E-state index in [1.165, 1.54) is 34.4 Å². The summed E-state index contributed by atoms with van der Waals surface area (Å²) in [5.74, 6) is 0.309. The molecule has 0 saturated carbocycles. The SMILES string of the molecule is CC(C)(C)[C@@H]1CCc2c(sc(NC(=S)NC(=O)c3ccc(-c4cccc([N+](=O)[O-])c4)o3)c2C#N)C1. The number of fused-ring (bicyclic) bond motifs is 1. The molecule has 2 heterocycles. The fourth-order valence-corrected chi connectivity index (χ4v) is 5.76. The number of amides is 1. The van der Waals surface area contributed by atoms with Crippen LogP contribution in [0.1, 0.15) is 53.8 Å². The molecule has 0 spiro atoms. The van der Waals surface area contributed by atoms with Crippen LogP contribution in [0.2, 0.25) is 0 Å². The van der Waals surface area contributed by atoms with E-state index in [2.05, 4.69) is 37.5 Å². The number of carbonyl (C=O) groups is 1. The Morgan fingerprint density at radius 2 is 2.09 bits per heavy atom. The topological polar surface area (TPSA) is 121 Å². The van der Waals surface area contributed by atoms with Gasteiger partial charge in [-0.15, -0.1) is 11.3 Å². The lowest BCUT2D eigenvalue weighted by atomic mass is 9.72. The predicted molar refractivity (Wildman–Crippen MR) is 138 cm³/mol. The lowest BCUT2D eigenvalue weighted by Crippen LogP contribution is -2.33. The van der Waals surface area contributed by atoms with Crippen LogP contribution in [-0.2, 0) is 12.8 Å². The molecule has 4 rings (SSSR count). The number of thiocarbonyl (C=S) groups is 1. The molecular formula is C25H24N4O4S2. The number of nitrogens with zero attached hydrogens (tertiary/aromatic N) is 2. The van der Waals surface area contributed by atoms with Gasteiger partial charge in [0.2, 0.25) is 0 Å². The van der Waals surface area contributed by atoms with Crippen molar-refractivity contribution in [2.24, 2.45) is 11.3 Å². The Morgan fingerprint density at radius 1 is 1.31 bits per heavy atom. The van der Waals surface area contributed by atoms with Crippen LogP contribution in [0.25, 0.3) is 11.3 Å². The summed E-state index contributed by atoms with van der Waals surface area (Å²) in [6.45, 7) is 6.72. The van der Waals surface area contributed by atoms with Crippen molar-refractivity contribution in [2.75, 3.05) is 5.32 Å². The second kappa shape index (κ2) is 9.60. The van der Waals surface area contributed by atoms with E-state index in [4.69, 9.17) is 16.6 Å². The van der Waals surface area contributed by atoms with Crippen LogP contribution in [0.5, 0.6) is 0 Å². The second-order valence-electron chi connectivity index (χ2n) is 9.51. The van der Waals surface area contributed by atoms with Gasteiger partial charge in [-0.2, -0.15) is 5.26 Å². The molecule has 1 aromatic carbocycles. The van der Waals surface area contributed by atoms with E-state index in [0.29, 0.717) is 27.8 Å². The smallest absolute Gasteiger partial charge is 0.293 e. The number of nitro groups is 1. The number of nitriles is 1. The van der Waals surface area contributed by atoms with Gasteiger partial charge in [-0.25, -0.2) is 0 Å². The van der Waals surface area contributed by atoms with Crippen LogP contribution in [-0.4, -0.2) is 15.9 Å². The molecule has 180 valence electrons. The molecule has 1 aliphatic rings. The van der Waals surface area contributed by atoms with Crippen LogP contribution < -0.4 is 10.6 Å². The second-order valence-corrected chi connectivity index (χ2v) is 11.0. The third kappa shape index (κ3) is 5.26. The zero-order valence-corrected chi connectivity index (χ0v) is 21.1. The molecule has 1 aliphatic carbocycles. The zero-order valence-electron chi connectivity index (χ0n) is 19.5. The minimum Gasteiger partial charge on any atom is -0.451 e. The maximum atomic E-state index is 12.7. The first kappa shape index (κ1) is 24.6. The maximum absolute atomic E-state index is 12.7. The molecule has 0 unspecified atom stereocenters. The van der Waals surface area contributed by atoms with Crippen molar-refractivity contribution < 1.29 is 14.1 Å². The number of nitro benzene ring substituents is 1. The number of anilines is 1. The number of furan rings is 1. The Hall–Kier alpha value is -3.55. The van der Waals surface area contributed by atoms with Crippen molar-refractivity contribution >= 4 is 45.3 Å². The van der Waals surface area contributed by atoms with Crippen molar-refractivity contribution in [3.05, 3.63) is 68.3 Å². The first-order valence-electron chi connectivity index (χ1n) is 11.1. The first-order valence-corrected chi connectivity index (χ1v) is 12.3. The number of benzene rings is 1. The molecule has 3 aromatic rings. The molecule has 0 fully saturated rings. The molecule has 1 amide bonds. The maximum Gasteiger partial charge on any atom is 0.293 e. The quantitative estimate of drug-likeness (QED) is 0.249. The molecular weight excluding hydrogens is 484 g/mol. The summed E-state index contributed by atoms with van der Waals surface area (Å²) in [6.07, 6.45) is 2.81. The highest BCUT2D eigenvalue weighted by Gasteiger charge is 2.32. The molecule has 0 saturated heterocycles. The number of hydrogen-bond donors (Lipinski definition) is 2. The monoisotopic (exact) mass is 508 g/mol. The minimum atomic E-state index is -0.563. The number of rotatable bonds is 4. The van der Waals surface area contributed by atoms with Crippen LogP contribution in [0, 0.1) is 32.8 Å². The van der Waals surface area contributed by atoms with E-state index in [1.54, 1.807) is 18.2 Å². The van der Waals surface area contributed by atoms with Crippen LogP contribution >= 0.6 is 23.6 Å². The summed E-state index contributed by atoms with van der Waals surface area (Å²) in [6, 6.07) is 11.3. The lowest BCUT2D eigenvalue weighted by Gasteiger charge is -2.33. The molecule has 0 bridgehead atoms. The highest BCUT2D eigenvalue weighted by Crippen LogP contribution is 2.44. The van der Waals surface area contributed by atoms with Gasteiger partial charge in [0.15, 0.2) is 10.9 Å². The summed E-state index contributed by atoms with van der Waals surface area (Å²) in [5, 5.41) is 27.1. The van der Waals surface area contributed by atoms with Crippen molar-refractivity contribution in [1.82, 2.24) is 5.32 Å². The van der Waals surface area contributed by atoms with Crippen LogP contribution in [0.4, 0.5) is 10.7 Å². The number of carbonyl (C=O) groups excluding carboxylic acids is 1. The summed E-state index contributed by atoms with van der Waals surface area (Å²) in [7, 11) is 0. The number of nitrogens with one attached hydrogen (secondary N) is 2. The van der Waals surface area contributed by atoms with E-state index in [0.717, 1.165) is 24.8 Å². The van der Waals surface area contributed by atoms with E-state index in [1.807, 2.05) is 0 Å². The van der Waals surface area contributed by atoms with Gasteiger partial charge in [0.25, 0.3) is 11.6 Å². The van der Waals surface area contributed by atoms with Crippen molar-refractivity contribution in [1.29, 1.82) is 5.26 Å². The van der Waals surface area contributed by atoms with Crippen LogP contribution in [0.15, 0.2) is 40.8 Å². The molecule has 2 N–H and O–H groups in total. The summed E-state index contributed by atoms with van der Waals surface area (Å²) < 4.78 is 5.60. The van der Waals surface area contributed by atoms with Gasteiger partial charge in [0.1, 0.15) is 16.8 Å². The van der Waals surface area contributed by atoms with Gasteiger partial charge in [-0.05, 0) is 60.5 Å². The van der Waals surface area contributed by atoms with E-state index >= 15 is 0 Å². The molecule has 2 aromatic heterocycles. The number of non-ortho nitro benzene ring substituents is 1. The van der Waals surface area contributed by atoms with Crippen molar-refractivity contribution in [3.8, 4) is 17.4 Å². The van der Waals surface area contributed by atoms with E-state index in [-0.39, 0.29) is 22.0 Å². The normalized spacial score (nSPS) is 15.1. The molecule has 0 aliphatic heterocycles. The Kier molecular flexibility index (Phi) is 6.74. The molecule has 0 radical (unpaired) electrons. The third-order valence-electron chi connectivity index (χ3n) is 6.23. The van der Waals surface area contributed by atoms with Crippen LogP contribution in [0.3, 0.4) is 0 Å². The number of thiophene rings is 1. The van der Waals surface area contributed by atoms with Gasteiger partial charge in [0, 0.05) is 22.6 Å².